The molecule has 4 aliphatic rings. The smallest absolute Gasteiger partial charge is 0.250 e. The van der Waals surface area contributed by atoms with Gasteiger partial charge in [0.15, 0.2) is 6.17 Å². The van der Waals surface area contributed by atoms with Crippen LogP contribution in [0.5, 0.6) is 0 Å². The fourth-order valence-corrected chi connectivity index (χ4v) is 6.22. The lowest BCUT2D eigenvalue weighted by Crippen LogP contribution is -2.62. The number of aryl methyl sites for hydroxylation is 1. The van der Waals surface area contributed by atoms with Gasteiger partial charge in [-0.25, -0.2) is 0 Å². The molecule has 5 heterocycles. The zero-order chi connectivity index (χ0) is 23.3. The third-order valence-electron chi connectivity index (χ3n) is 7.76. The topological polar surface area (TPSA) is 88.0 Å². The fraction of sp³-hybridized carbons (Fsp3) is 0.407. The number of hydrogen-bond acceptors (Lipinski definition) is 6. The second-order valence-electron chi connectivity index (χ2n) is 9.81. The number of aromatic nitrogens is 1. The maximum Gasteiger partial charge on any atom is 0.250 e. The highest BCUT2D eigenvalue weighted by atomic mass is 16.5. The molecule has 1 aromatic heterocycles. The van der Waals surface area contributed by atoms with Crippen molar-refractivity contribution in [3.63, 3.8) is 0 Å². The van der Waals surface area contributed by atoms with Crippen LogP contribution in [0.2, 0.25) is 0 Å². The number of benzene rings is 1. The van der Waals surface area contributed by atoms with Crippen LogP contribution in [0.15, 0.2) is 75.9 Å². The number of carbonyl (C=O) groups excluding carboxylic acids is 1. The average molecular weight is 456 g/mol. The van der Waals surface area contributed by atoms with Crippen LogP contribution in [0.25, 0.3) is 11.1 Å². The first-order valence-electron chi connectivity index (χ1n) is 12.1. The Kier molecular flexibility index (Phi) is 4.92. The fourth-order valence-electron chi connectivity index (χ4n) is 6.22. The second kappa shape index (κ2) is 7.87. The number of amides is 1. The number of ether oxygens (including phenoxy) is 1. The van der Waals surface area contributed by atoms with Crippen LogP contribution < -0.4 is 10.6 Å². The van der Waals surface area contributed by atoms with Crippen molar-refractivity contribution >= 4 is 5.91 Å². The van der Waals surface area contributed by atoms with Crippen molar-refractivity contribution < 1.29 is 9.53 Å². The maximum absolute atomic E-state index is 13.9. The molecule has 34 heavy (non-hydrogen) atoms. The van der Waals surface area contributed by atoms with E-state index in [0.29, 0.717) is 6.61 Å². The Balaban J connectivity index is 1.52. The minimum atomic E-state index is -0.603. The predicted molar refractivity (Wildman–Crippen MR) is 129 cm³/mol. The van der Waals surface area contributed by atoms with Gasteiger partial charge in [0.2, 0.25) is 0 Å². The summed E-state index contributed by atoms with van der Waals surface area (Å²) in [4.78, 5) is 18.2. The summed E-state index contributed by atoms with van der Waals surface area (Å²) in [5, 5.41) is 15.7. The van der Waals surface area contributed by atoms with E-state index >= 15 is 0 Å². The van der Waals surface area contributed by atoms with Crippen LogP contribution in [-0.2, 0) is 14.9 Å². The average Bonchev–Trinajstić information content (AvgIpc) is 3.32. The summed E-state index contributed by atoms with van der Waals surface area (Å²) >= 11 is 0. The van der Waals surface area contributed by atoms with Crippen LogP contribution in [-0.4, -0.2) is 35.8 Å². The van der Waals surface area contributed by atoms with E-state index in [1.54, 1.807) is 0 Å². The monoisotopic (exact) mass is 455 g/mol. The van der Waals surface area contributed by atoms with Gasteiger partial charge in [-0.1, -0.05) is 25.1 Å². The van der Waals surface area contributed by atoms with E-state index < -0.39 is 5.41 Å². The van der Waals surface area contributed by atoms with Gasteiger partial charge in [0.25, 0.3) is 5.91 Å². The van der Waals surface area contributed by atoms with Crippen molar-refractivity contribution in [2.75, 3.05) is 13.2 Å². The van der Waals surface area contributed by atoms with E-state index in [1.807, 2.05) is 25.4 Å². The van der Waals surface area contributed by atoms with Crippen LogP contribution in [0.4, 0.5) is 0 Å². The third-order valence-corrected chi connectivity index (χ3v) is 7.76. The number of fused-ring (bicyclic) bond motifs is 1. The SMILES string of the molecule is CC[C@@]1(c2cccc(-c3ccnc(C)c3)c2)C2=CN=NC2NC2=C1C(=O)N[C@@]1(CCCOC1)C2. The molecule has 174 valence electrons. The molecule has 4 aliphatic heterocycles. The Morgan fingerprint density at radius 1 is 1.21 bits per heavy atom. The second-order valence-corrected chi connectivity index (χ2v) is 9.81. The zero-order valence-electron chi connectivity index (χ0n) is 19.6. The van der Waals surface area contributed by atoms with Gasteiger partial charge in [0, 0.05) is 36.2 Å². The molecule has 0 saturated carbocycles. The highest BCUT2D eigenvalue weighted by Crippen LogP contribution is 2.52. The molecule has 1 fully saturated rings. The van der Waals surface area contributed by atoms with Gasteiger partial charge in [-0.3, -0.25) is 9.78 Å². The van der Waals surface area contributed by atoms with Crippen molar-refractivity contribution in [2.24, 2.45) is 10.2 Å². The number of nitrogens with zero attached hydrogens (tertiary/aromatic N) is 3. The lowest BCUT2D eigenvalue weighted by molar-refractivity contribution is -0.123. The molecule has 0 radical (unpaired) electrons. The molecular formula is C27H29N5O2. The molecule has 3 atom stereocenters. The predicted octanol–water partition coefficient (Wildman–Crippen LogP) is 4.31. The van der Waals surface area contributed by atoms with E-state index in [-0.39, 0.29) is 17.6 Å². The molecular weight excluding hydrogens is 426 g/mol. The third kappa shape index (κ3) is 3.14. The number of rotatable bonds is 3. The lowest BCUT2D eigenvalue weighted by atomic mass is 9.61. The van der Waals surface area contributed by atoms with Gasteiger partial charge in [0.05, 0.1) is 29.3 Å². The van der Waals surface area contributed by atoms with Crippen LogP contribution in [0.3, 0.4) is 0 Å². The Bertz CT molecular complexity index is 1260. The standard InChI is InChI=1S/C27H29N5O2/c1-3-27(20-7-4-6-18(13-20)19-8-10-28-17(2)12-19)21-15-29-32-24(21)30-22-14-26(9-5-11-34-16-26)31-25(33)23(22)27/h4,6-8,10,12-13,15,24,30H,3,5,9,11,14,16H2,1-2H3,(H,31,33)/t24?,26-,27+/m0/s1. The Labute approximate surface area is 199 Å². The minimum Gasteiger partial charge on any atom is -0.379 e. The summed E-state index contributed by atoms with van der Waals surface area (Å²) in [5.74, 6) is -0.0162. The first-order valence-corrected chi connectivity index (χ1v) is 12.1. The molecule has 7 nitrogen and oxygen atoms in total. The van der Waals surface area contributed by atoms with Crippen LogP contribution in [0, 0.1) is 6.92 Å². The molecule has 1 saturated heterocycles. The van der Waals surface area contributed by atoms with E-state index in [9.17, 15) is 4.79 Å². The molecule has 6 rings (SSSR count). The summed E-state index contributed by atoms with van der Waals surface area (Å²) in [6.45, 7) is 5.44. The van der Waals surface area contributed by atoms with Crippen LogP contribution >= 0.6 is 0 Å². The van der Waals surface area contributed by atoms with Crippen molar-refractivity contribution in [1.29, 1.82) is 0 Å². The normalized spacial score (nSPS) is 29.9. The summed E-state index contributed by atoms with van der Waals surface area (Å²) in [5.41, 5.74) is 6.13. The molecule has 2 N–H and O–H groups in total. The summed E-state index contributed by atoms with van der Waals surface area (Å²) in [7, 11) is 0. The van der Waals surface area contributed by atoms with Crippen LogP contribution in [0.1, 0.15) is 43.9 Å². The molecule has 2 aromatic rings. The summed E-state index contributed by atoms with van der Waals surface area (Å²) < 4.78 is 5.79. The van der Waals surface area contributed by atoms with E-state index in [0.717, 1.165) is 71.5 Å². The number of azo groups is 1. The number of pyridine rings is 1. The highest BCUT2D eigenvalue weighted by Gasteiger charge is 2.54. The highest BCUT2D eigenvalue weighted by molar-refractivity contribution is 6.00. The first kappa shape index (κ1) is 21.2. The Morgan fingerprint density at radius 2 is 2.09 bits per heavy atom. The number of carbonyl (C=O) groups is 1. The molecule has 1 unspecified atom stereocenters. The van der Waals surface area contributed by atoms with Crippen molar-refractivity contribution in [2.45, 2.75) is 56.7 Å². The van der Waals surface area contributed by atoms with Gasteiger partial charge >= 0.3 is 0 Å². The van der Waals surface area contributed by atoms with E-state index in [4.69, 9.17) is 4.74 Å². The van der Waals surface area contributed by atoms with Crippen molar-refractivity contribution in [3.05, 3.63) is 76.9 Å². The molecule has 1 spiro atoms. The molecule has 1 amide bonds. The van der Waals surface area contributed by atoms with E-state index in [2.05, 4.69) is 63.1 Å². The van der Waals surface area contributed by atoms with Crippen molar-refractivity contribution in [1.82, 2.24) is 15.6 Å². The molecule has 0 bridgehead atoms. The maximum atomic E-state index is 13.9. The quantitative estimate of drug-likeness (QED) is 0.722. The summed E-state index contributed by atoms with van der Waals surface area (Å²) in [6, 6.07) is 12.7. The Morgan fingerprint density at radius 3 is 2.88 bits per heavy atom. The van der Waals surface area contributed by atoms with E-state index in [1.165, 1.54) is 0 Å². The van der Waals surface area contributed by atoms with Gasteiger partial charge < -0.3 is 15.4 Å². The van der Waals surface area contributed by atoms with Gasteiger partial charge in [0.1, 0.15) is 0 Å². The summed E-state index contributed by atoms with van der Waals surface area (Å²) in [6.07, 6.45) is 6.75. The Hall–Kier alpha value is -3.32. The number of nitrogens with one attached hydrogen (secondary N) is 2. The molecule has 0 aliphatic carbocycles. The first-order chi connectivity index (χ1) is 16.5. The minimum absolute atomic E-state index is 0.0162. The van der Waals surface area contributed by atoms with Gasteiger partial charge in [-0.05, 0) is 61.1 Å². The molecule has 1 aromatic carbocycles. The van der Waals surface area contributed by atoms with Gasteiger partial charge in [-0.2, -0.15) is 10.2 Å². The van der Waals surface area contributed by atoms with Gasteiger partial charge in [-0.15, -0.1) is 0 Å². The largest absolute Gasteiger partial charge is 0.379 e. The lowest BCUT2D eigenvalue weighted by Gasteiger charge is -2.50. The van der Waals surface area contributed by atoms with Crippen molar-refractivity contribution in [3.8, 4) is 11.1 Å². The number of hydrogen-bond donors (Lipinski definition) is 2. The zero-order valence-corrected chi connectivity index (χ0v) is 19.6. The molecule has 7 heteroatoms.